The molecule has 4 heterocycles. The summed E-state index contributed by atoms with van der Waals surface area (Å²) >= 11 is 1.38. The van der Waals surface area contributed by atoms with Gasteiger partial charge in [0.15, 0.2) is 30.3 Å². The van der Waals surface area contributed by atoms with Crippen molar-refractivity contribution in [3.8, 4) is 17.2 Å². The van der Waals surface area contributed by atoms with E-state index in [1.54, 1.807) is 6.92 Å². The summed E-state index contributed by atoms with van der Waals surface area (Å²) in [5.41, 5.74) is -2.14. The number of nitrogens with zero attached hydrogens (tertiary/aromatic N) is 3. The topological polar surface area (TPSA) is 248 Å². The van der Waals surface area contributed by atoms with E-state index in [4.69, 9.17) is 28.4 Å². The lowest BCUT2D eigenvalue weighted by Gasteiger charge is -2.45. The van der Waals surface area contributed by atoms with Gasteiger partial charge in [-0.25, -0.2) is 4.79 Å². The van der Waals surface area contributed by atoms with Crippen LogP contribution in [0.5, 0.6) is 17.2 Å². The van der Waals surface area contributed by atoms with E-state index in [0.29, 0.717) is 19.5 Å². The first-order valence-electron chi connectivity index (χ1n) is 22.0. The van der Waals surface area contributed by atoms with Gasteiger partial charge in [0.25, 0.3) is 0 Å². The molecule has 0 spiro atoms. The van der Waals surface area contributed by atoms with Crippen LogP contribution < -0.4 is 4.74 Å². The van der Waals surface area contributed by atoms with Crippen molar-refractivity contribution in [3.05, 3.63) is 87.0 Å². The minimum atomic E-state index is -2.31. The summed E-state index contributed by atoms with van der Waals surface area (Å²) < 4.78 is 36.3. The Morgan fingerprint density at radius 3 is 2.36 bits per heavy atom. The van der Waals surface area contributed by atoms with Gasteiger partial charge >= 0.3 is 6.09 Å². The van der Waals surface area contributed by atoms with Crippen LogP contribution in [0, 0.1) is 0 Å². The molecule has 0 aromatic heterocycles. The molecule has 3 amide bonds. The number of hydrogen-bond acceptors (Lipinski definition) is 18. The summed E-state index contributed by atoms with van der Waals surface area (Å²) in [6.45, 7) is 1.53. The number of hydrogen-bond donors (Lipinski definition) is 4. The molecular weight excluding hydrogens is 895 g/mol. The number of methoxy groups -OCH3 is 2. The first-order chi connectivity index (χ1) is 32.1. The standard InChI is InChI=1S/C47H51N3O16S/c1-22-42-27(48-14-15-50(44(62-3)45(48)66-42)46(59)63-21-24-10-8-23(9-11-24)12-13-49-32(53)17-30(67-4)43(49)58)16-33(64-22)65-29-19-47(60,31(52)20-51)18-26-35(29)41(57)37-36(39(26)55)38(54)25-6-5-7-28(61-2)34(25)40(37)56/h5-11,22,27,29-30,33,42,44-45,51,55,57,60H,12-21H2,1-4H3/t22-,27-,29-,30?,33-,42+,44+,45+,47-/m0/s1. The number of phenols is 2. The molecule has 67 heavy (non-hydrogen) atoms. The molecule has 20 heteroatoms. The molecule has 9 atom stereocenters. The Labute approximate surface area is 388 Å². The van der Waals surface area contributed by atoms with Gasteiger partial charge < -0.3 is 48.8 Å². The average molecular weight is 946 g/mol. The molecule has 3 aromatic carbocycles. The van der Waals surface area contributed by atoms with Crippen LogP contribution in [-0.4, -0.2) is 165 Å². The fraction of sp³-hybridized carbons (Fsp3) is 0.489. The number of ketones is 3. The van der Waals surface area contributed by atoms with E-state index < -0.39 is 108 Å². The van der Waals surface area contributed by atoms with Crippen molar-refractivity contribution in [1.82, 2.24) is 14.7 Å². The molecule has 0 radical (unpaired) electrons. The van der Waals surface area contributed by atoms with E-state index in [2.05, 4.69) is 0 Å². The number of aromatic hydroxyl groups is 2. The van der Waals surface area contributed by atoms with Crippen LogP contribution in [0.3, 0.4) is 0 Å². The Morgan fingerprint density at radius 1 is 0.940 bits per heavy atom. The van der Waals surface area contributed by atoms with Gasteiger partial charge in [0.2, 0.25) is 17.6 Å². The highest BCUT2D eigenvalue weighted by molar-refractivity contribution is 8.00. The lowest BCUT2D eigenvalue weighted by Crippen LogP contribution is -2.62. The number of carbonyl (C=O) groups excluding carboxylic acids is 6. The number of imide groups is 1. The molecule has 6 aliphatic rings. The van der Waals surface area contributed by atoms with Crippen molar-refractivity contribution in [2.75, 3.05) is 46.7 Å². The third kappa shape index (κ3) is 7.95. The van der Waals surface area contributed by atoms with Gasteiger partial charge in [-0.1, -0.05) is 36.4 Å². The second kappa shape index (κ2) is 18.2. The minimum absolute atomic E-state index is 0.0274. The minimum Gasteiger partial charge on any atom is -0.507 e. The van der Waals surface area contributed by atoms with E-state index in [1.807, 2.05) is 35.4 Å². The number of piperazine rings is 1. The summed E-state index contributed by atoms with van der Waals surface area (Å²) in [5, 5.41) is 45.0. The van der Waals surface area contributed by atoms with Crippen molar-refractivity contribution in [2.45, 2.75) is 99.6 Å². The van der Waals surface area contributed by atoms with Gasteiger partial charge in [0, 0.05) is 75.2 Å². The predicted octanol–water partition coefficient (Wildman–Crippen LogP) is 2.37. The van der Waals surface area contributed by atoms with Gasteiger partial charge in [0.05, 0.1) is 41.3 Å². The summed E-state index contributed by atoms with van der Waals surface area (Å²) in [6, 6.07) is 11.4. The Balaban J connectivity index is 0.891. The smallest absolute Gasteiger partial charge is 0.412 e. The van der Waals surface area contributed by atoms with Gasteiger partial charge in [0.1, 0.15) is 42.2 Å². The van der Waals surface area contributed by atoms with Crippen LogP contribution in [0.4, 0.5) is 4.79 Å². The fourth-order valence-corrected chi connectivity index (χ4v) is 11.1. The Morgan fingerprint density at radius 2 is 1.67 bits per heavy atom. The highest BCUT2D eigenvalue weighted by Crippen LogP contribution is 2.53. The van der Waals surface area contributed by atoms with Crippen LogP contribution in [0.15, 0.2) is 42.5 Å². The molecule has 356 valence electrons. The zero-order valence-corrected chi connectivity index (χ0v) is 38.0. The first-order valence-corrected chi connectivity index (χ1v) is 23.3. The van der Waals surface area contributed by atoms with E-state index in [1.165, 1.54) is 54.0 Å². The number of Topliss-reactive ketones (excluding diaryl/α,β-unsaturated/α-hetero) is 1. The number of phenolic OH excluding ortho intramolecular Hbond substituents is 2. The molecular formula is C47H51N3O16S. The molecule has 4 aliphatic heterocycles. The second-order valence-corrected chi connectivity index (χ2v) is 18.6. The van der Waals surface area contributed by atoms with Gasteiger partial charge in [-0.3, -0.25) is 38.7 Å². The zero-order chi connectivity index (χ0) is 47.6. The number of benzene rings is 3. The van der Waals surface area contributed by atoms with Crippen LogP contribution in [0.25, 0.3) is 0 Å². The Bertz CT molecular complexity index is 2540. The largest absolute Gasteiger partial charge is 0.507 e. The van der Waals surface area contributed by atoms with E-state index >= 15 is 0 Å². The highest BCUT2D eigenvalue weighted by atomic mass is 32.2. The molecule has 19 nitrogen and oxygen atoms in total. The summed E-state index contributed by atoms with van der Waals surface area (Å²) in [7, 11) is 2.78. The molecule has 1 unspecified atom stereocenters. The maximum Gasteiger partial charge on any atom is 0.412 e. The second-order valence-electron chi connectivity index (χ2n) is 17.6. The number of aliphatic hydroxyl groups is 2. The summed E-state index contributed by atoms with van der Waals surface area (Å²) in [5.74, 6) is -4.20. The first kappa shape index (κ1) is 46.7. The van der Waals surface area contributed by atoms with Crippen molar-refractivity contribution >= 4 is 47.0 Å². The number of likely N-dealkylation sites (tertiary alicyclic amines) is 1. The van der Waals surface area contributed by atoms with Crippen molar-refractivity contribution in [1.29, 1.82) is 0 Å². The number of rotatable bonds is 12. The van der Waals surface area contributed by atoms with Crippen LogP contribution in [0.2, 0.25) is 0 Å². The number of carbonyl (C=O) groups is 6. The zero-order valence-electron chi connectivity index (χ0n) is 37.2. The van der Waals surface area contributed by atoms with E-state index in [9.17, 15) is 49.2 Å². The SMILES string of the molecule is COc1cccc2c1C(=O)c1c(O)c3c(c(O)c1C2=O)C[C@@](O)(C(=O)CO)C[C@@H]3O[C@H]1C[C@H]2[C@H](O[C@@H]3[C@@H](OC)N(C(=O)OCc4ccc(CCN5C(=O)CC(SC)C5=O)cc4)CCN32)[C@H](C)O1. The lowest BCUT2D eigenvalue weighted by atomic mass is 9.72. The number of fused-ring (bicyclic) bond motifs is 6. The maximum atomic E-state index is 14.1. The fourth-order valence-electron chi connectivity index (χ4n) is 10.4. The quantitative estimate of drug-likeness (QED) is 0.118. The van der Waals surface area contributed by atoms with Crippen LogP contribution in [-0.2, 0) is 57.5 Å². The highest BCUT2D eigenvalue weighted by Gasteiger charge is 2.57. The Kier molecular flexibility index (Phi) is 12.7. The van der Waals surface area contributed by atoms with Crippen LogP contribution >= 0.6 is 11.8 Å². The monoisotopic (exact) mass is 945 g/mol. The van der Waals surface area contributed by atoms with Crippen molar-refractivity contribution in [3.63, 3.8) is 0 Å². The molecule has 9 rings (SSSR count). The van der Waals surface area contributed by atoms with Gasteiger partial charge in [-0.05, 0) is 36.8 Å². The third-order valence-electron chi connectivity index (χ3n) is 13.9. The summed E-state index contributed by atoms with van der Waals surface area (Å²) in [4.78, 5) is 84.3. The van der Waals surface area contributed by atoms with E-state index in [-0.39, 0.29) is 77.1 Å². The number of ether oxygens (including phenoxy) is 6. The van der Waals surface area contributed by atoms with E-state index in [0.717, 1.165) is 11.1 Å². The maximum absolute atomic E-state index is 14.1. The summed E-state index contributed by atoms with van der Waals surface area (Å²) in [6.07, 6.45) is -4.32. The van der Waals surface area contributed by atoms with Gasteiger partial charge in [-0.2, -0.15) is 11.8 Å². The molecule has 0 bridgehead atoms. The van der Waals surface area contributed by atoms with Crippen molar-refractivity contribution in [2.24, 2.45) is 0 Å². The molecule has 3 aromatic rings. The molecule has 4 fully saturated rings. The number of amides is 3. The lowest BCUT2D eigenvalue weighted by molar-refractivity contribution is -0.248. The normalized spacial score (nSPS) is 29.0. The van der Waals surface area contributed by atoms with Crippen molar-refractivity contribution < 1.29 is 77.6 Å². The molecule has 4 N–H and O–H groups in total. The third-order valence-corrected chi connectivity index (χ3v) is 14.8. The van der Waals surface area contributed by atoms with Crippen LogP contribution in [0.1, 0.15) is 86.4 Å². The average Bonchev–Trinajstić information content (AvgIpc) is 3.84. The van der Waals surface area contributed by atoms with Gasteiger partial charge in [-0.15, -0.1) is 0 Å². The molecule has 2 aliphatic carbocycles. The Hall–Kier alpha value is -5.45. The predicted molar refractivity (Wildman–Crippen MR) is 233 cm³/mol. The number of thioether (sulfide) groups is 1. The molecule has 0 saturated carbocycles. The number of aliphatic hydroxyl groups excluding tert-OH is 1. The molecule has 4 saturated heterocycles.